The molecule has 0 atom stereocenters. The van der Waals surface area contributed by atoms with Crippen molar-refractivity contribution in [2.75, 3.05) is 13.7 Å². The lowest BCUT2D eigenvalue weighted by Crippen LogP contribution is -2.21. The van der Waals surface area contributed by atoms with Gasteiger partial charge in [-0.05, 0) is 19.1 Å². The normalized spacial score (nSPS) is 9.45. The lowest BCUT2D eigenvalue weighted by Gasteiger charge is -2.07. The molecule has 0 saturated carbocycles. The van der Waals surface area contributed by atoms with E-state index in [0.717, 1.165) is 0 Å². The maximum atomic E-state index is 11.9. The van der Waals surface area contributed by atoms with E-state index >= 15 is 0 Å². The number of nitrogens with zero attached hydrogens (tertiary/aromatic N) is 1. The highest BCUT2D eigenvalue weighted by molar-refractivity contribution is 5.88. The van der Waals surface area contributed by atoms with Crippen molar-refractivity contribution in [3.05, 3.63) is 46.4 Å². The van der Waals surface area contributed by atoms with E-state index in [4.69, 9.17) is 9.47 Å². The molecule has 1 aromatic carbocycles. The largest absolute Gasteiger partial charge is 0.496 e. The molecule has 0 spiro atoms. The molecule has 118 valence electrons. The van der Waals surface area contributed by atoms with Gasteiger partial charge in [0.1, 0.15) is 17.1 Å². The molecule has 22 heavy (non-hydrogen) atoms. The Morgan fingerprint density at radius 1 is 1.27 bits per heavy atom. The topological polar surface area (TPSA) is 81.3 Å². The number of rotatable bonds is 4. The molecule has 0 aliphatic rings. The summed E-state index contributed by atoms with van der Waals surface area (Å²) >= 11 is 0. The second kappa shape index (κ2) is 8.61. The van der Waals surface area contributed by atoms with Gasteiger partial charge < -0.3 is 14.5 Å². The van der Waals surface area contributed by atoms with E-state index in [1.165, 1.54) is 13.3 Å². The third-order valence-corrected chi connectivity index (χ3v) is 2.66. The van der Waals surface area contributed by atoms with Gasteiger partial charge in [-0.1, -0.05) is 26.0 Å². The zero-order chi connectivity index (χ0) is 16.5. The fourth-order valence-electron chi connectivity index (χ4n) is 1.73. The number of hydrogen-bond donors (Lipinski definition) is 1. The fourth-order valence-corrected chi connectivity index (χ4v) is 1.73. The summed E-state index contributed by atoms with van der Waals surface area (Å²) in [5, 5.41) is 0. The van der Waals surface area contributed by atoms with Gasteiger partial charge >= 0.3 is 5.97 Å². The highest BCUT2D eigenvalue weighted by Crippen LogP contribution is 2.25. The van der Waals surface area contributed by atoms with Crippen molar-refractivity contribution in [3.8, 4) is 17.1 Å². The summed E-state index contributed by atoms with van der Waals surface area (Å²) in [5.41, 5.74) is -0.0210. The molecule has 1 N–H and O–H groups in total. The Bertz CT molecular complexity index is 680. The molecule has 0 unspecified atom stereocenters. The van der Waals surface area contributed by atoms with Crippen molar-refractivity contribution in [1.29, 1.82) is 0 Å². The zero-order valence-electron chi connectivity index (χ0n) is 13.2. The summed E-state index contributed by atoms with van der Waals surface area (Å²) in [5.74, 6) is 0.229. The van der Waals surface area contributed by atoms with Crippen LogP contribution in [0.3, 0.4) is 0 Å². The number of para-hydroxylation sites is 1. The van der Waals surface area contributed by atoms with Crippen LogP contribution in [-0.2, 0) is 4.74 Å². The highest BCUT2D eigenvalue weighted by Gasteiger charge is 2.14. The second-order valence-electron chi connectivity index (χ2n) is 3.90. The molecule has 1 aromatic heterocycles. The van der Waals surface area contributed by atoms with E-state index in [1.54, 1.807) is 25.1 Å². The van der Waals surface area contributed by atoms with Gasteiger partial charge in [0.25, 0.3) is 5.56 Å². The van der Waals surface area contributed by atoms with Gasteiger partial charge in [-0.25, -0.2) is 9.78 Å². The third kappa shape index (κ3) is 3.94. The Balaban J connectivity index is 0.00000116. The summed E-state index contributed by atoms with van der Waals surface area (Å²) in [6.07, 6.45) is 1.21. The van der Waals surface area contributed by atoms with Gasteiger partial charge in [0.15, 0.2) is 0 Å². The van der Waals surface area contributed by atoms with Crippen molar-refractivity contribution in [1.82, 2.24) is 9.97 Å². The highest BCUT2D eigenvalue weighted by atomic mass is 16.5. The first-order chi connectivity index (χ1) is 10.7. The van der Waals surface area contributed by atoms with E-state index in [2.05, 4.69) is 9.97 Å². The average Bonchev–Trinajstić information content (AvgIpc) is 2.56. The van der Waals surface area contributed by atoms with Crippen molar-refractivity contribution in [2.45, 2.75) is 20.8 Å². The van der Waals surface area contributed by atoms with Crippen LogP contribution in [0.4, 0.5) is 0 Å². The van der Waals surface area contributed by atoms with Gasteiger partial charge in [0.2, 0.25) is 0 Å². The molecule has 6 nitrogen and oxygen atoms in total. The second-order valence-corrected chi connectivity index (χ2v) is 3.90. The quantitative estimate of drug-likeness (QED) is 0.878. The minimum Gasteiger partial charge on any atom is -0.496 e. The van der Waals surface area contributed by atoms with Crippen molar-refractivity contribution < 1.29 is 14.3 Å². The molecular weight excluding hydrogens is 284 g/mol. The van der Waals surface area contributed by atoms with E-state index in [0.29, 0.717) is 17.1 Å². The minimum absolute atomic E-state index is 0.120. The van der Waals surface area contributed by atoms with Crippen LogP contribution in [0.15, 0.2) is 35.3 Å². The summed E-state index contributed by atoms with van der Waals surface area (Å²) in [4.78, 5) is 30.1. The molecule has 2 aromatic rings. The molecule has 0 radical (unpaired) electrons. The summed E-state index contributed by atoms with van der Waals surface area (Å²) in [6.45, 7) is 5.87. The predicted octanol–water partition coefficient (Wildman–Crippen LogP) is 2.65. The molecular formula is C16H20N2O4. The number of hydrogen-bond acceptors (Lipinski definition) is 5. The average molecular weight is 304 g/mol. The molecule has 0 bridgehead atoms. The third-order valence-electron chi connectivity index (χ3n) is 2.66. The molecule has 0 aliphatic carbocycles. The Morgan fingerprint density at radius 3 is 2.55 bits per heavy atom. The smallest absolute Gasteiger partial charge is 0.345 e. The standard InChI is InChI=1S/C14H14N2O4.C2H6/c1-3-20-14(18)10-8-15-12(16-13(10)17)9-6-4-5-7-11(9)19-2;1-2/h4-8H,3H2,1-2H3,(H,15,16,17);1-2H3. The first-order valence-corrected chi connectivity index (χ1v) is 7.07. The molecule has 0 amide bonds. The number of esters is 1. The Morgan fingerprint density at radius 2 is 1.95 bits per heavy atom. The van der Waals surface area contributed by atoms with Crippen molar-refractivity contribution >= 4 is 5.97 Å². The lowest BCUT2D eigenvalue weighted by molar-refractivity contribution is 0.0524. The molecule has 0 fully saturated rings. The number of ether oxygens (including phenoxy) is 2. The number of methoxy groups -OCH3 is 1. The summed E-state index contributed by atoms with van der Waals surface area (Å²) in [7, 11) is 1.53. The fraction of sp³-hybridized carbons (Fsp3) is 0.312. The Kier molecular flexibility index (Phi) is 6.82. The number of H-pyrrole nitrogens is 1. The van der Waals surface area contributed by atoms with E-state index in [1.807, 2.05) is 19.9 Å². The molecule has 2 rings (SSSR count). The van der Waals surface area contributed by atoms with Gasteiger partial charge in [0.05, 0.1) is 19.3 Å². The van der Waals surface area contributed by atoms with Crippen LogP contribution in [0.2, 0.25) is 0 Å². The summed E-state index contributed by atoms with van der Waals surface area (Å²) < 4.78 is 9.98. The number of aromatic amines is 1. The van der Waals surface area contributed by atoms with E-state index in [9.17, 15) is 9.59 Å². The molecule has 1 heterocycles. The van der Waals surface area contributed by atoms with Crippen LogP contribution in [0, 0.1) is 0 Å². The minimum atomic E-state index is -0.687. The van der Waals surface area contributed by atoms with Crippen LogP contribution in [0.1, 0.15) is 31.1 Å². The monoisotopic (exact) mass is 304 g/mol. The van der Waals surface area contributed by atoms with Gasteiger partial charge in [-0.15, -0.1) is 0 Å². The molecule has 0 aliphatic heterocycles. The number of nitrogens with one attached hydrogen (secondary N) is 1. The van der Waals surface area contributed by atoms with Gasteiger partial charge in [0, 0.05) is 6.20 Å². The van der Waals surface area contributed by atoms with Gasteiger partial charge in [-0.2, -0.15) is 0 Å². The van der Waals surface area contributed by atoms with Crippen LogP contribution >= 0.6 is 0 Å². The number of carbonyl (C=O) groups is 1. The SMILES string of the molecule is CC.CCOC(=O)c1cnc(-c2ccccc2OC)[nH]c1=O. The van der Waals surface area contributed by atoms with Crippen molar-refractivity contribution in [2.24, 2.45) is 0 Å². The first-order valence-electron chi connectivity index (χ1n) is 7.07. The van der Waals surface area contributed by atoms with E-state index in [-0.39, 0.29) is 12.2 Å². The van der Waals surface area contributed by atoms with Crippen LogP contribution in [-0.4, -0.2) is 29.7 Å². The first kappa shape index (κ1) is 17.4. The van der Waals surface area contributed by atoms with E-state index < -0.39 is 11.5 Å². The summed E-state index contributed by atoms with van der Waals surface area (Å²) in [6, 6.07) is 7.14. The number of carbonyl (C=O) groups excluding carboxylic acids is 1. The Hall–Kier alpha value is -2.63. The van der Waals surface area contributed by atoms with Crippen LogP contribution in [0.25, 0.3) is 11.4 Å². The van der Waals surface area contributed by atoms with Gasteiger partial charge in [-0.3, -0.25) is 4.79 Å². The maximum Gasteiger partial charge on any atom is 0.345 e. The van der Waals surface area contributed by atoms with Crippen molar-refractivity contribution in [3.63, 3.8) is 0 Å². The molecule has 0 saturated heterocycles. The van der Waals surface area contributed by atoms with Crippen LogP contribution < -0.4 is 10.3 Å². The van der Waals surface area contributed by atoms with Crippen LogP contribution in [0.5, 0.6) is 5.75 Å². The maximum absolute atomic E-state index is 11.9. The number of benzene rings is 1. The molecule has 6 heteroatoms. The lowest BCUT2D eigenvalue weighted by atomic mass is 10.2. The predicted molar refractivity (Wildman–Crippen MR) is 84.2 cm³/mol. The zero-order valence-corrected chi connectivity index (χ0v) is 13.2. The number of aromatic nitrogens is 2. The Labute approximate surface area is 129 Å².